The Kier molecular flexibility index (Phi) is 4.72. The molecule has 0 bridgehead atoms. The first-order valence-electron chi connectivity index (χ1n) is 6.55. The van der Waals surface area contributed by atoms with Gasteiger partial charge < -0.3 is 19.7 Å². The van der Waals surface area contributed by atoms with E-state index in [1.54, 1.807) is 0 Å². The monoisotopic (exact) mass is 317 g/mol. The molecule has 1 aromatic carbocycles. The summed E-state index contributed by atoms with van der Waals surface area (Å²) in [5.41, 5.74) is -1.33. The molecule has 0 saturated carbocycles. The van der Waals surface area contributed by atoms with Crippen molar-refractivity contribution in [3.63, 3.8) is 0 Å². The average molecular weight is 317 g/mol. The molecular weight excluding hydrogens is 298 g/mol. The fourth-order valence-corrected chi connectivity index (χ4v) is 3.21. The Bertz CT molecular complexity index is 597. The van der Waals surface area contributed by atoms with Crippen LogP contribution in [0.4, 0.5) is 0 Å². The average Bonchev–Trinajstić information content (AvgIpc) is 2.71. The van der Waals surface area contributed by atoms with Gasteiger partial charge >= 0.3 is 0 Å². The number of aliphatic hydroxyl groups excluding tert-OH is 2. The van der Waals surface area contributed by atoms with Crippen molar-refractivity contribution in [1.29, 1.82) is 0 Å². The van der Waals surface area contributed by atoms with Gasteiger partial charge in [0.15, 0.2) is 11.5 Å². The molecule has 1 aromatic rings. The van der Waals surface area contributed by atoms with E-state index >= 15 is 0 Å². The highest BCUT2D eigenvalue weighted by molar-refractivity contribution is 7.89. The van der Waals surface area contributed by atoms with Gasteiger partial charge in [-0.1, -0.05) is 0 Å². The standard InChI is InChI=1S/C13H19NO6S/c1-13(8-15,9-16)14-21(17,18)10-3-4-11-12(7-10)20-6-2-5-19-11/h3-4,7,14-16H,2,5-6,8-9H2,1H3. The summed E-state index contributed by atoms with van der Waals surface area (Å²) in [4.78, 5) is -0.0140. The van der Waals surface area contributed by atoms with Gasteiger partial charge in [-0.05, 0) is 19.1 Å². The zero-order chi connectivity index (χ0) is 15.5. The van der Waals surface area contributed by atoms with Crippen LogP contribution in [0, 0.1) is 0 Å². The van der Waals surface area contributed by atoms with Crippen molar-refractivity contribution < 1.29 is 28.1 Å². The number of aliphatic hydroxyl groups is 2. The van der Waals surface area contributed by atoms with Crippen molar-refractivity contribution >= 4 is 10.0 Å². The van der Waals surface area contributed by atoms with E-state index in [0.717, 1.165) is 6.42 Å². The van der Waals surface area contributed by atoms with Gasteiger partial charge in [-0.15, -0.1) is 0 Å². The van der Waals surface area contributed by atoms with Crippen LogP contribution in [0.5, 0.6) is 11.5 Å². The van der Waals surface area contributed by atoms with Crippen molar-refractivity contribution in [3.8, 4) is 11.5 Å². The maximum absolute atomic E-state index is 12.3. The van der Waals surface area contributed by atoms with E-state index in [1.807, 2.05) is 0 Å². The minimum absolute atomic E-state index is 0.0140. The highest BCUT2D eigenvalue weighted by Gasteiger charge is 2.30. The number of hydrogen-bond acceptors (Lipinski definition) is 6. The van der Waals surface area contributed by atoms with Crippen molar-refractivity contribution in [2.24, 2.45) is 0 Å². The number of ether oxygens (including phenoxy) is 2. The summed E-state index contributed by atoms with van der Waals surface area (Å²) in [6.07, 6.45) is 0.724. The maximum atomic E-state index is 12.3. The largest absolute Gasteiger partial charge is 0.490 e. The molecule has 1 aliphatic heterocycles. The molecule has 0 aliphatic carbocycles. The van der Waals surface area contributed by atoms with Crippen LogP contribution in [0.15, 0.2) is 23.1 Å². The zero-order valence-corrected chi connectivity index (χ0v) is 12.5. The highest BCUT2D eigenvalue weighted by Crippen LogP contribution is 2.32. The van der Waals surface area contributed by atoms with Crippen LogP contribution in [0.3, 0.4) is 0 Å². The third-order valence-corrected chi connectivity index (χ3v) is 4.74. The number of sulfonamides is 1. The lowest BCUT2D eigenvalue weighted by atomic mass is 10.1. The summed E-state index contributed by atoms with van der Waals surface area (Å²) in [6, 6.07) is 4.30. The Morgan fingerprint density at radius 2 is 1.81 bits per heavy atom. The fraction of sp³-hybridized carbons (Fsp3) is 0.538. The predicted molar refractivity (Wildman–Crippen MR) is 74.9 cm³/mol. The first-order valence-corrected chi connectivity index (χ1v) is 8.04. The molecule has 0 unspecified atom stereocenters. The molecule has 0 radical (unpaired) electrons. The SMILES string of the molecule is CC(CO)(CO)NS(=O)(=O)c1ccc2c(c1)OCCCO2. The summed E-state index contributed by atoms with van der Waals surface area (Å²) >= 11 is 0. The minimum Gasteiger partial charge on any atom is -0.490 e. The lowest BCUT2D eigenvalue weighted by molar-refractivity contribution is 0.121. The van der Waals surface area contributed by atoms with Gasteiger partial charge in [-0.25, -0.2) is 13.1 Å². The molecule has 0 aromatic heterocycles. The van der Waals surface area contributed by atoms with Crippen molar-refractivity contribution in [2.45, 2.75) is 23.8 Å². The summed E-state index contributed by atoms with van der Waals surface area (Å²) in [7, 11) is -3.89. The highest BCUT2D eigenvalue weighted by atomic mass is 32.2. The summed E-state index contributed by atoms with van der Waals surface area (Å²) in [5.74, 6) is 0.864. The molecule has 0 amide bonds. The van der Waals surface area contributed by atoms with Crippen LogP contribution in [0.2, 0.25) is 0 Å². The van der Waals surface area contributed by atoms with Gasteiger partial charge in [0.25, 0.3) is 0 Å². The molecule has 1 heterocycles. The molecule has 2 rings (SSSR count). The molecule has 0 spiro atoms. The number of fused-ring (bicyclic) bond motifs is 1. The Morgan fingerprint density at radius 1 is 1.19 bits per heavy atom. The number of benzene rings is 1. The van der Waals surface area contributed by atoms with Gasteiger partial charge in [-0.3, -0.25) is 0 Å². The van der Waals surface area contributed by atoms with Gasteiger partial charge in [0, 0.05) is 12.5 Å². The van der Waals surface area contributed by atoms with Crippen LogP contribution in [0.25, 0.3) is 0 Å². The van der Waals surface area contributed by atoms with Crippen LogP contribution in [-0.4, -0.2) is 50.6 Å². The second kappa shape index (κ2) is 6.18. The van der Waals surface area contributed by atoms with Crippen molar-refractivity contribution in [1.82, 2.24) is 4.72 Å². The van der Waals surface area contributed by atoms with Crippen LogP contribution >= 0.6 is 0 Å². The normalized spacial score (nSPS) is 15.6. The Hall–Kier alpha value is -1.35. The molecule has 1 aliphatic rings. The van der Waals surface area contributed by atoms with Crippen LogP contribution in [-0.2, 0) is 10.0 Å². The molecule has 0 fully saturated rings. The van der Waals surface area contributed by atoms with Gasteiger partial charge in [-0.2, -0.15) is 0 Å². The summed E-state index contributed by atoms with van der Waals surface area (Å²) < 4.78 is 37.8. The molecule has 0 atom stereocenters. The summed E-state index contributed by atoms with van der Waals surface area (Å²) in [5, 5.41) is 18.4. The minimum atomic E-state index is -3.89. The van der Waals surface area contributed by atoms with Crippen LogP contribution in [0.1, 0.15) is 13.3 Å². The third kappa shape index (κ3) is 3.65. The molecule has 21 heavy (non-hydrogen) atoms. The quantitative estimate of drug-likeness (QED) is 0.699. The summed E-state index contributed by atoms with van der Waals surface area (Å²) in [6.45, 7) is 1.34. The molecule has 8 heteroatoms. The first-order chi connectivity index (χ1) is 9.90. The molecule has 118 valence electrons. The zero-order valence-electron chi connectivity index (χ0n) is 11.7. The lowest BCUT2D eigenvalue weighted by Gasteiger charge is -2.25. The van der Waals surface area contributed by atoms with Gasteiger partial charge in [0.05, 0.1) is 36.9 Å². The van der Waals surface area contributed by atoms with Crippen molar-refractivity contribution in [2.75, 3.05) is 26.4 Å². The number of nitrogens with one attached hydrogen (secondary N) is 1. The Labute approximate surface area is 123 Å². The van der Waals surface area contributed by atoms with E-state index in [4.69, 9.17) is 9.47 Å². The van der Waals surface area contributed by atoms with E-state index in [1.165, 1.54) is 25.1 Å². The first kappa shape index (κ1) is 16.0. The number of rotatable bonds is 5. The molecule has 7 nitrogen and oxygen atoms in total. The number of hydrogen-bond donors (Lipinski definition) is 3. The second-order valence-electron chi connectivity index (χ2n) is 5.14. The van der Waals surface area contributed by atoms with E-state index in [-0.39, 0.29) is 4.90 Å². The Balaban J connectivity index is 2.30. The Morgan fingerprint density at radius 3 is 2.43 bits per heavy atom. The predicted octanol–water partition coefficient (Wildman–Crippen LogP) is -0.130. The smallest absolute Gasteiger partial charge is 0.241 e. The fourth-order valence-electron chi connectivity index (χ4n) is 1.81. The maximum Gasteiger partial charge on any atom is 0.241 e. The lowest BCUT2D eigenvalue weighted by Crippen LogP contribution is -2.51. The van der Waals surface area contributed by atoms with E-state index in [0.29, 0.717) is 24.7 Å². The topological polar surface area (TPSA) is 105 Å². The third-order valence-electron chi connectivity index (χ3n) is 3.11. The molecule has 3 N–H and O–H groups in total. The second-order valence-corrected chi connectivity index (χ2v) is 6.82. The van der Waals surface area contributed by atoms with Gasteiger partial charge in [0.2, 0.25) is 10.0 Å². The molecular formula is C13H19NO6S. The molecule has 0 saturated heterocycles. The van der Waals surface area contributed by atoms with Gasteiger partial charge in [0.1, 0.15) is 0 Å². The van der Waals surface area contributed by atoms with E-state index in [2.05, 4.69) is 4.72 Å². The van der Waals surface area contributed by atoms with Crippen molar-refractivity contribution in [3.05, 3.63) is 18.2 Å². The van der Waals surface area contributed by atoms with E-state index in [9.17, 15) is 18.6 Å². The van der Waals surface area contributed by atoms with Crippen LogP contribution < -0.4 is 14.2 Å². The van der Waals surface area contributed by atoms with E-state index < -0.39 is 28.8 Å².